The molecule has 0 saturated carbocycles. The molecule has 1 radical (unpaired) electrons. The Balaban J connectivity index is 2.58. The zero-order valence-corrected chi connectivity index (χ0v) is 9.04. The molecule has 0 aliphatic rings. The fourth-order valence-electron chi connectivity index (χ4n) is 1.67. The minimum Gasteiger partial charge on any atom is -0.237 e. The summed E-state index contributed by atoms with van der Waals surface area (Å²) in [6, 6.07) is 10.2. The highest BCUT2D eigenvalue weighted by atomic mass is 35.5. The zero-order chi connectivity index (χ0) is 10.2. The summed E-state index contributed by atoms with van der Waals surface area (Å²) in [6.07, 6.45) is 2.73. The molecule has 0 amide bonds. The van der Waals surface area contributed by atoms with E-state index in [0.29, 0.717) is 11.8 Å². The molecule has 2 heteroatoms. The van der Waals surface area contributed by atoms with Crippen molar-refractivity contribution in [1.82, 2.24) is 0 Å². The molecule has 1 nitrogen and oxygen atoms in total. The normalized spacial score (nSPS) is 12.7. The van der Waals surface area contributed by atoms with Crippen LogP contribution in [0.2, 0.25) is 0 Å². The Morgan fingerprint density at radius 1 is 1.14 bits per heavy atom. The third kappa shape index (κ3) is 3.69. The molecule has 0 saturated heterocycles. The second kappa shape index (κ2) is 6.86. The van der Waals surface area contributed by atoms with Crippen LogP contribution < -0.4 is 0 Å². The van der Waals surface area contributed by atoms with Crippen LogP contribution in [0, 0.1) is 0 Å². The van der Waals surface area contributed by atoms with Gasteiger partial charge in [-0.2, -0.15) is 0 Å². The van der Waals surface area contributed by atoms with Gasteiger partial charge in [-0.3, -0.25) is 0 Å². The molecule has 0 heterocycles. The van der Waals surface area contributed by atoms with E-state index in [1.165, 1.54) is 5.56 Å². The Kier molecular flexibility index (Phi) is 5.65. The summed E-state index contributed by atoms with van der Waals surface area (Å²) in [5.41, 5.74) is 1.27. The van der Waals surface area contributed by atoms with Gasteiger partial charge in [0.1, 0.15) is 0 Å². The van der Waals surface area contributed by atoms with Crippen molar-refractivity contribution in [2.45, 2.75) is 25.2 Å². The summed E-state index contributed by atoms with van der Waals surface area (Å²) in [4.78, 5) is 0. The highest BCUT2D eigenvalue weighted by Crippen LogP contribution is 2.24. The molecule has 1 unspecified atom stereocenters. The lowest BCUT2D eigenvalue weighted by atomic mass is 9.92. The van der Waals surface area contributed by atoms with Crippen LogP contribution in [-0.4, -0.2) is 12.5 Å². The monoisotopic (exact) mass is 211 g/mol. The number of benzene rings is 1. The summed E-state index contributed by atoms with van der Waals surface area (Å²) in [5.74, 6) is 1.08. The fourth-order valence-corrected chi connectivity index (χ4v) is 1.82. The molecule has 0 spiro atoms. The Morgan fingerprint density at radius 2 is 1.86 bits per heavy atom. The first-order valence-corrected chi connectivity index (χ1v) is 5.61. The second-order valence-corrected chi connectivity index (χ2v) is 3.81. The lowest BCUT2D eigenvalue weighted by molar-refractivity contribution is 0.179. The van der Waals surface area contributed by atoms with Crippen LogP contribution >= 0.6 is 11.6 Å². The van der Waals surface area contributed by atoms with E-state index in [1.54, 1.807) is 0 Å². The maximum atomic E-state index is 10.6. The molecule has 1 aromatic carbocycles. The van der Waals surface area contributed by atoms with Crippen molar-refractivity contribution in [1.29, 1.82) is 0 Å². The van der Waals surface area contributed by atoms with E-state index >= 15 is 0 Å². The van der Waals surface area contributed by atoms with Crippen LogP contribution in [0.15, 0.2) is 30.3 Å². The molecule has 0 aromatic heterocycles. The van der Waals surface area contributed by atoms with E-state index in [1.807, 2.05) is 18.2 Å². The van der Waals surface area contributed by atoms with Crippen molar-refractivity contribution in [2.75, 3.05) is 12.5 Å². The standard InChI is InChI=1S/C12H16ClO/c13-9-4-7-12(8-10-14)11-5-2-1-3-6-11/h1-3,5-6,12H,4,7-10H2. The predicted molar refractivity (Wildman–Crippen MR) is 59.3 cm³/mol. The first-order valence-electron chi connectivity index (χ1n) is 5.07. The molecule has 0 bridgehead atoms. The largest absolute Gasteiger partial charge is 0.237 e. The van der Waals surface area contributed by atoms with Gasteiger partial charge < -0.3 is 0 Å². The SMILES string of the molecule is [O]CCC(CCCCl)c1ccccc1. The third-order valence-corrected chi connectivity index (χ3v) is 2.69. The van der Waals surface area contributed by atoms with Gasteiger partial charge in [-0.15, -0.1) is 11.6 Å². The summed E-state index contributed by atoms with van der Waals surface area (Å²) < 4.78 is 0. The lowest BCUT2D eigenvalue weighted by Gasteiger charge is -2.14. The molecule has 0 N–H and O–H groups in total. The van der Waals surface area contributed by atoms with Gasteiger partial charge >= 0.3 is 0 Å². The van der Waals surface area contributed by atoms with Gasteiger partial charge in [0.15, 0.2) is 0 Å². The summed E-state index contributed by atoms with van der Waals surface area (Å²) >= 11 is 5.66. The van der Waals surface area contributed by atoms with Crippen molar-refractivity contribution in [3.05, 3.63) is 35.9 Å². The number of alkyl halides is 1. The van der Waals surface area contributed by atoms with Crippen molar-refractivity contribution in [2.24, 2.45) is 0 Å². The van der Waals surface area contributed by atoms with E-state index in [-0.39, 0.29) is 6.61 Å². The van der Waals surface area contributed by atoms with Crippen LogP contribution in [0.3, 0.4) is 0 Å². The number of rotatable bonds is 6. The van der Waals surface area contributed by atoms with E-state index in [4.69, 9.17) is 11.6 Å². The van der Waals surface area contributed by atoms with Crippen LogP contribution in [-0.2, 0) is 5.11 Å². The van der Waals surface area contributed by atoms with Crippen LogP contribution in [0.25, 0.3) is 0 Å². The van der Waals surface area contributed by atoms with E-state index in [2.05, 4.69) is 12.1 Å². The van der Waals surface area contributed by atoms with Crippen molar-refractivity contribution >= 4 is 11.6 Å². The number of halogens is 1. The van der Waals surface area contributed by atoms with E-state index < -0.39 is 0 Å². The van der Waals surface area contributed by atoms with E-state index in [9.17, 15) is 5.11 Å². The minimum absolute atomic E-state index is 0.00183. The third-order valence-electron chi connectivity index (χ3n) is 2.42. The molecule has 0 fully saturated rings. The summed E-state index contributed by atoms with van der Waals surface area (Å²) in [5, 5.41) is 10.6. The molecular weight excluding hydrogens is 196 g/mol. The van der Waals surface area contributed by atoms with Gasteiger partial charge in [-0.05, 0) is 30.7 Å². The zero-order valence-electron chi connectivity index (χ0n) is 8.29. The molecule has 77 valence electrons. The smallest absolute Gasteiger partial charge is 0.0828 e. The van der Waals surface area contributed by atoms with Gasteiger partial charge in [0, 0.05) is 5.88 Å². The van der Waals surface area contributed by atoms with Crippen molar-refractivity contribution < 1.29 is 5.11 Å². The molecule has 0 aliphatic carbocycles. The quantitative estimate of drug-likeness (QED) is 0.641. The molecule has 0 aliphatic heterocycles. The highest BCUT2D eigenvalue weighted by molar-refractivity contribution is 6.17. The van der Waals surface area contributed by atoms with Gasteiger partial charge in [0.25, 0.3) is 0 Å². The van der Waals surface area contributed by atoms with Crippen molar-refractivity contribution in [3.8, 4) is 0 Å². The first kappa shape index (κ1) is 11.5. The number of hydrogen-bond donors (Lipinski definition) is 0. The summed E-state index contributed by atoms with van der Waals surface area (Å²) in [6.45, 7) is 0.00183. The lowest BCUT2D eigenvalue weighted by Crippen LogP contribution is -2.01. The maximum Gasteiger partial charge on any atom is 0.0828 e. The minimum atomic E-state index is 0.00183. The molecular formula is C12H16ClO. The fraction of sp³-hybridized carbons (Fsp3) is 0.500. The van der Waals surface area contributed by atoms with Crippen LogP contribution in [0.1, 0.15) is 30.7 Å². The molecule has 14 heavy (non-hydrogen) atoms. The second-order valence-electron chi connectivity index (χ2n) is 3.43. The molecule has 1 atom stereocenters. The molecule has 1 rings (SSSR count). The predicted octanol–water partition coefficient (Wildman–Crippen LogP) is 3.61. The average Bonchev–Trinajstić information content (AvgIpc) is 2.25. The van der Waals surface area contributed by atoms with Crippen molar-refractivity contribution in [3.63, 3.8) is 0 Å². The summed E-state index contributed by atoms with van der Waals surface area (Å²) in [7, 11) is 0. The number of hydrogen-bond acceptors (Lipinski definition) is 0. The highest BCUT2D eigenvalue weighted by Gasteiger charge is 2.09. The Morgan fingerprint density at radius 3 is 2.43 bits per heavy atom. The molecule has 1 aromatic rings. The first-order chi connectivity index (χ1) is 6.88. The van der Waals surface area contributed by atoms with Gasteiger partial charge in [-0.25, -0.2) is 5.11 Å². The van der Waals surface area contributed by atoms with Gasteiger partial charge in [0.05, 0.1) is 6.61 Å². The van der Waals surface area contributed by atoms with Crippen LogP contribution in [0.4, 0.5) is 0 Å². The average molecular weight is 212 g/mol. The van der Waals surface area contributed by atoms with Gasteiger partial charge in [0.2, 0.25) is 0 Å². The Labute approximate surface area is 90.7 Å². The maximum absolute atomic E-state index is 10.6. The van der Waals surface area contributed by atoms with E-state index in [0.717, 1.165) is 19.3 Å². The Hall–Kier alpha value is -0.530. The topological polar surface area (TPSA) is 19.9 Å². The van der Waals surface area contributed by atoms with Gasteiger partial charge in [-0.1, -0.05) is 30.3 Å². The Bertz CT molecular complexity index is 235. The van der Waals surface area contributed by atoms with Crippen LogP contribution in [0.5, 0.6) is 0 Å².